The molecule has 0 spiro atoms. The van der Waals surface area contributed by atoms with Crippen LogP contribution in [0, 0.1) is 0 Å². The van der Waals surface area contributed by atoms with Gasteiger partial charge in [0.2, 0.25) is 5.75 Å². The third-order valence-corrected chi connectivity index (χ3v) is 4.56. The van der Waals surface area contributed by atoms with Crippen molar-refractivity contribution in [2.45, 2.75) is 13.0 Å². The number of ether oxygens (including phenoxy) is 4. The predicted octanol–water partition coefficient (Wildman–Crippen LogP) is 3.81. The molecule has 1 aliphatic rings. The highest BCUT2D eigenvalue weighted by molar-refractivity contribution is 9.10. The number of hydrogen-bond acceptors (Lipinski definition) is 6. The smallest absolute Gasteiger partial charge is 0.331 e. The second-order valence-electron chi connectivity index (χ2n) is 6.16. The summed E-state index contributed by atoms with van der Waals surface area (Å²) < 4.78 is 22.5. The number of nitrogens with one attached hydrogen (secondary N) is 1. The van der Waals surface area contributed by atoms with Gasteiger partial charge >= 0.3 is 5.97 Å². The van der Waals surface area contributed by atoms with E-state index in [-0.39, 0.29) is 0 Å². The zero-order valence-corrected chi connectivity index (χ0v) is 17.5. The van der Waals surface area contributed by atoms with E-state index in [1.165, 1.54) is 20.1 Å². The number of anilines is 1. The molecular weight excluding hydrogens is 442 g/mol. The summed E-state index contributed by atoms with van der Waals surface area (Å²) in [6.45, 7) is 2.40. The Balaban J connectivity index is 1.60. The first kappa shape index (κ1) is 20.7. The van der Waals surface area contributed by atoms with Crippen LogP contribution in [0.2, 0.25) is 0 Å². The minimum absolute atomic E-state index is 0.421. The zero-order chi connectivity index (χ0) is 20.8. The van der Waals surface area contributed by atoms with Crippen molar-refractivity contribution in [3.05, 3.63) is 52.5 Å². The zero-order valence-electron chi connectivity index (χ0n) is 15.9. The Morgan fingerprint density at radius 1 is 1.17 bits per heavy atom. The van der Waals surface area contributed by atoms with Gasteiger partial charge in [-0.05, 0) is 55.0 Å². The van der Waals surface area contributed by atoms with Crippen LogP contribution in [0.15, 0.2) is 46.9 Å². The molecule has 0 radical (unpaired) electrons. The average molecular weight is 462 g/mol. The number of carbonyl (C=O) groups excluding carboxylic acids is 2. The number of hydrogen-bond donors (Lipinski definition) is 1. The number of esters is 1. The first-order valence-electron chi connectivity index (χ1n) is 8.89. The molecule has 1 aliphatic heterocycles. The van der Waals surface area contributed by atoms with Gasteiger partial charge in [-0.25, -0.2) is 4.79 Å². The lowest BCUT2D eigenvalue weighted by Gasteiger charge is -2.20. The average Bonchev–Trinajstić information content (AvgIpc) is 2.73. The quantitative estimate of drug-likeness (QED) is 0.520. The fourth-order valence-electron chi connectivity index (χ4n) is 2.60. The molecule has 29 heavy (non-hydrogen) atoms. The SMILES string of the molecule is COc1cc(/C=C/C(=O)O[C@H](C)C(=O)Nc2ccc(Br)cc2)cc2c1OCCO2. The molecule has 152 valence electrons. The van der Waals surface area contributed by atoms with Crippen molar-refractivity contribution in [1.29, 1.82) is 0 Å². The maximum Gasteiger partial charge on any atom is 0.331 e. The maximum absolute atomic E-state index is 12.2. The Kier molecular flexibility index (Phi) is 6.77. The van der Waals surface area contributed by atoms with Crippen molar-refractivity contribution in [1.82, 2.24) is 0 Å². The Morgan fingerprint density at radius 3 is 2.62 bits per heavy atom. The van der Waals surface area contributed by atoms with E-state index in [2.05, 4.69) is 21.2 Å². The first-order valence-corrected chi connectivity index (χ1v) is 9.68. The van der Waals surface area contributed by atoms with Crippen molar-refractivity contribution in [3.63, 3.8) is 0 Å². The molecule has 1 amide bonds. The third-order valence-electron chi connectivity index (χ3n) is 4.04. The second-order valence-corrected chi connectivity index (χ2v) is 7.07. The van der Waals surface area contributed by atoms with Gasteiger partial charge in [0.25, 0.3) is 5.91 Å². The van der Waals surface area contributed by atoms with Crippen LogP contribution < -0.4 is 19.5 Å². The molecule has 8 heteroatoms. The molecular formula is C21H20BrNO6. The molecule has 0 unspecified atom stereocenters. The Bertz CT molecular complexity index is 908. The van der Waals surface area contributed by atoms with E-state index in [0.29, 0.717) is 41.7 Å². The van der Waals surface area contributed by atoms with Gasteiger partial charge in [-0.3, -0.25) is 4.79 Å². The molecule has 2 aromatic rings. The van der Waals surface area contributed by atoms with Crippen molar-refractivity contribution >= 4 is 39.6 Å². The van der Waals surface area contributed by atoms with Gasteiger partial charge in [0.15, 0.2) is 17.6 Å². The summed E-state index contributed by atoms with van der Waals surface area (Å²) >= 11 is 3.33. The van der Waals surface area contributed by atoms with Crippen LogP contribution in [0.3, 0.4) is 0 Å². The Hall–Kier alpha value is -3.00. The van der Waals surface area contributed by atoms with Gasteiger partial charge in [-0.2, -0.15) is 0 Å². The number of halogens is 1. The van der Waals surface area contributed by atoms with Gasteiger partial charge in [0, 0.05) is 16.2 Å². The van der Waals surface area contributed by atoms with E-state index in [4.69, 9.17) is 18.9 Å². The van der Waals surface area contributed by atoms with Crippen molar-refractivity contribution in [2.75, 3.05) is 25.6 Å². The van der Waals surface area contributed by atoms with E-state index in [9.17, 15) is 9.59 Å². The van der Waals surface area contributed by atoms with E-state index in [0.717, 1.165) is 4.47 Å². The van der Waals surface area contributed by atoms with Gasteiger partial charge in [0.05, 0.1) is 7.11 Å². The molecule has 1 N–H and O–H groups in total. The van der Waals surface area contributed by atoms with Crippen LogP contribution in [-0.4, -0.2) is 38.3 Å². The summed E-state index contributed by atoms with van der Waals surface area (Å²) in [4.78, 5) is 24.3. The number of rotatable bonds is 6. The van der Waals surface area contributed by atoms with Crippen LogP contribution in [0.4, 0.5) is 5.69 Å². The second kappa shape index (κ2) is 9.47. The van der Waals surface area contributed by atoms with E-state index in [1.54, 1.807) is 42.5 Å². The highest BCUT2D eigenvalue weighted by atomic mass is 79.9. The lowest BCUT2D eigenvalue weighted by molar-refractivity contribution is -0.148. The molecule has 3 rings (SSSR count). The van der Waals surface area contributed by atoms with Gasteiger partial charge in [-0.1, -0.05) is 15.9 Å². The van der Waals surface area contributed by atoms with E-state index < -0.39 is 18.0 Å². The lowest BCUT2D eigenvalue weighted by atomic mass is 10.1. The molecule has 0 saturated carbocycles. The third kappa shape index (κ3) is 5.51. The minimum Gasteiger partial charge on any atom is -0.493 e. The Labute approximate surface area is 176 Å². The van der Waals surface area contributed by atoms with Crippen LogP contribution >= 0.6 is 15.9 Å². The molecule has 0 fully saturated rings. The molecule has 7 nitrogen and oxygen atoms in total. The van der Waals surface area contributed by atoms with Gasteiger partial charge in [0.1, 0.15) is 13.2 Å². The fourth-order valence-corrected chi connectivity index (χ4v) is 2.86. The number of benzene rings is 2. The summed E-state index contributed by atoms with van der Waals surface area (Å²) in [5.41, 5.74) is 1.29. The first-order chi connectivity index (χ1) is 14.0. The van der Waals surface area contributed by atoms with E-state index in [1.807, 2.05) is 0 Å². The maximum atomic E-state index is 12.2. The standard InChI is InChI=1S/C21H20BrNO6/c1-13(21(25)23-16-6-4-15(22)5-7-16)29-19(24)8-3-14-11-17(26-2)20-18(12-14)27-9-10-28-20/h3-8,11-13H,9-10H2,1-2H3,(H,23,25)/b8-3+/t13-/m1/s1. The van der Waals surface area contributed by atoms with Crippen LogP contribution in [0.1, 0.15) is 12.5 Å². The fraction of sp³-hybridized carbons (Fsp3) is 0.238. The summed E-state index contributed by atoms with van der Waals surface area (Å²) in [6, 6.07) is 10.6. The monoisotopic (exact) mass is 461 g/mol. The lowest BCUT2D eigenvalue weighted by Crippen LogP contribution is -2.29. The molecule has 0 saturated heterocycles. The summed E-state index contributed by atoms with van der Waals surface area (Å²) in [7, 11) is 1.53. The molecule has 1 heterocycles. The molecule has 0 aliphatic carbocycles. The summed E-state index contributed by atoms with van der Waals surface area (Å²) in [5, 5.41) is 2.69. The predicted molar refractivity (Wildman–Crippen MR) is 111 cm³/mol. The minimum atomic E-state index is -0.953. The van der Waals surface area contributed by atoms with Crippen LogP contribution in [0.25, 0.3) is 6.08 Å². The largest absolute Gasteiger partial charge is 0.493 e. The molecule has 2 aromatic carbocycles. The van der Waals surface area contributed by atoms with Gasteiger partial charge in [-0.15, -0.1) is 0 Å². The molecule has 0 aromatic heterocycles. The Morgan fingerprint density at radius 2 is 1.90 bits per heavy atom. The summed E-state index contributed by atoms with van der Waals surface area (Å²) in [6.07, 6.45) is 1.85. The van der Waals surface area contributed by atoms with E-state index >= 15 is 0 Å². The highest BCUT2D eigenvalue weighted by Gasteiger charge is 2.19. The number of carbonyl (C=O) groups is 2. The number of fused-ring (bicyclic) bond motifs is 1. The van der Waals surface area contributed by atoms with Crippen LogP contribution in [0.5, 0.6) is 17.2 Å². The normalized spacial score (nSPS) is 13.6. The topological polar surface area (TPSA) is 83.1 Å². The number of amides is 1. The number of methoxy groups -OCH3 is 1. The van der Waals surface area contributed by atoms with Crippen molar-refractivity contribution in [3.8, 4) is 17.2 Å². The van der Waals surface area contributed by atoms with Crippen molar-refractivity contribution in [2.24, 2.45) is 0 Å². The van der Waals surface area contributed by atoms with Crippen molar-refractivity contribution < 1.29 is 28.5 Å². The van der Waals surface area contributed by atoms with Crippen LogP contribution in [-0.2, 0) is 14.3 Å². The summed E-state index contributed by atoms with van der Waals surface area (Å²) in [5.74, 6) is 0.535. The highest BCUT2D eigenvalue weighted by Crippen LogP contribution is 2.40. The molecule has 1 atom stereocenters. The molecule has 0 bridgehead atoms. The van der Waals surface area contributed by atoms with Gasteiger partial charge < -0.3 is 24.3 Å².